The Balaban J connectivity index is 1.22. The number of anilines is 6. The summed E-state index contributed by atoms with van der Waals surface area (Å²) in [7, 11) is 0. The summed E-state index contributed by atoms with van der Waals surface area (Å²) in [5.41, 5.74) is 22.7. The molecule has 0 saturated carbocycles. The molecule has 336 valence electrons. The van der Waals surface area contributed by atoms with Crippen molar-refractivity contribution in [2.45, 2.75) is 136 Å². The molecule has 5 aliphatic rings. The Morgan fingerprint density at radius 2 is 1.09 bits per heavy atom. The average molecular weight is 895 g/mol. The molecule has 6 aromatic carbocycles. The van der Waals surface area contributed by atoms with Crippen molar-refractivity contribution in [2.75, 3.05) is 9.80 Å². The quantitative estimate of drug-likeness (QED) is 0.161. The van der Waals surface area contributed by atoms with Gasteiger partial charge in [-0.05, 0) is 150 Å². The molecule has 0 bridgehead atoms. The molecule has 3 nitrogen and oxygen atoms in total. The highest BCUT2D eigenvalue weighted by Crippen LogP contribution is 2.51. The molecule has 0 N–H and O–H groups in total. The zero-order chi connectivity index (χ0) is 46.9. The summed E-state index contributed by atoms with van der Waals surface area (Å²) in [5, 5.41) is 0. The van der Waals surface area contributed by atoms with Crippen molar-refractivity contribution in [3.05, 3.63) is 153 Å². The molecule has 0 spiro atoms. The minimum Gasteiger partial charge on any atom is -0.458 e. The van der Waals surface area contributed by atoms with Crippen LogP contribution in [-0.4, -0.2) is 13.4 Å². The van der Waals surface area contributed by atoms with Crippen molar-refractivity contribution < 1.29 is 4.74 Å². The topological polar surface area (TPSA) is 15.7 Å². The lowest BCUT2D eigenvalue weighted by Crippen LogP contribution is -2.64. The molecule has 67 heavy (non-hydrogen) atoms. The van der Waals surface area contributed by atoms with Crippen LogP contribution in [0.3, 0.4) is 0 Å². The standard InChI is InChI=1S/C61H64B2N2OS/c1-57(2,3)37-27-36-28-53-46(34-54(67-53)59(7,8)9)63-45-33-44-48(35-47(45)64(49(29-37)55(36)63)39-19-15-14-16-20-39)65(40-23-24-41-42(32-40)61(12,13)26-25-60(41,10)11)50-30-38(58(4,5)6)31-52-56(50)62(44)43-21-17-18-22-51(43)66-52/h14-24,27,29-35H,25-26,28H2,1-13H3. The van der Waals surface area contributed by atoms with Crippen LogP contribution >= 0.6 is 11.3 Å². The summed E-state index contributed by atoms with van der Waals surface area (Å²) in [6, 6.07) is 45.3. The van der Waals surface area contributed by atoms with Crippen LogP contribution in [0.4, 0.5) is 34.1 Å². The van der Waals surface area contributed by atoms with E-state index in [4.69, 9.17) is 4.74 Å². The van der Waals surface area contributed by atoms with E-state index in [9.17, 15) is 0 Å². The van der Waals surface area contributed by atoms with Gasteiger partial charge in [0, 0.05) is 50.3 Å². The van der Waals surface area contributed by atoms with Crippen LogP contribution in [0.15, 0.2) is 115 Å². The minimum absolute atomic E-state index is 0.0153. The maximum atomic E-state index is 7.10. The van der Waals surface area contributed by atoms with Gasteiger partial charge in [0.2, 0.25) is 6.71 Å². The minimum atomic E-state index is -0.105. The van der Waals surface area contributed by atoms with Gasteiger partial charge in [0.1, 0.15) is 11.5 Å². The fraction of sp³-hybridized carbons (Fsp3) is 0.344. The van der Waals surface area contributed by atoms with E-state index in [0.29, 0.717) is 0 Å². The first-order chi connectivity index (χ1) is 31.6. The lowest BCUT2D eigenvalue weighted by atomic mass is 9.30. The molecule has 5 heterocycles. The highest BCUT2D eigenvalue weighted by Gasteiger charge is 2.48. The molecule has 0 atom stereocenters. The second-order valence-corrected chi connectivity index (χ2v) is 26.0. The molecule has 4 aliphatic heterocycles. The van der Waals surface area contributed by atoms with Crippen LogP contribution in [0.5, 0.6) is 11.5 Å². The molecule has 1 aliphatic carbocycles. The smallest absolute Gasteiger partial charge is 0.256 e. The lowest BCUT2D eigenvalue weighted by molar-refractivity contribution is 0.332. The molecular weight excluding hydrogens is 830 g/mol. The first-order valence-electron chi connectivity index (χ1n) is 24.8. The Labute approximate surface area is 404 Å². The second kappa shape index (κ2) is 14.1. The van der Waals surface area contributed by atoms with Crippen LogP contribution in [0.25, 0.3) is 0 Å². The number of nitrogens with zero attached hydrogens (tertiary/aromatic N) is 2. The third-order valence-electron chi connectivity index (χ3n) is 16.2. The van der Waals surface area contributed by atoms with Gasteiger partial charge in [-0.25, -0.2) is 0 Å². The normalized spacial score (nSPS) is 17.1. The predicted octanol–water partition coefficient (Wildman–Crippen LogP) is 12.6. The largest absolute Gasteiger partial charge is 0.458 e. The van der Waals surface area contributed by atoms with Gasteiger partial charge >= 0.3 is 0 Å². The van der Waals surface area contributed by atoms with Crippen molar-refractivity contribution in [1.82, 2.24) is 0 Å². The Bertz CT molecular complexity index is 3230. The summed E-state index contributed by atoms with van der Waals surface area (Å²) in [4.78, 5) is 8.24. The fourth-order valence-electron chi connectivity index (χ4n) is 12.2. The van der Waals surface area contributed by atoms with Gasteiger partial charge in [-0.3, -0.25) is 0 Å². The van der Waals surface area contributed by atoms with E-state index in [0.717, 1.165) is 24.3 Å². The summed E-state index contributed by atoms with van der Waals surface area (Å²) in [6.07, 6.45) is 3.31. The number of benzene rings is 6. The maximum absolute atomic E-state index is 7.10. The van der Waals surface area contributed by atoms with E-state index in [1.807, 2.05) is 11.3 Å². The van der Waals surface area contributed by atoms with Gasteiger partial charge in [-0.2, -0.15) is 0 Å². The van der Waals surface area contributed by atoms with E-state index in [1.54, 1.807) is 0 Å². The van der Waals surface area contributed by atoms with Gasteiger partial charge in [0.15, 0.2) is 0 Å². The molecule has 0 radical (unpaired) electrons. The average Bonchev–Trinajstić information content (AvgIpc) is 3.72. The molecule has 0 fully saturated rings. The summed E-state index contributed by atoms with van der Waals surface area (Å²) < 4.78 is 7.10. The number of para-hydroxylation sites is 2. The van der Waals surface area contributed by atoms with Crippen LogP contribution in [0, 0.1) is 0 Å². The molecule has 12 rings (SSSR count). The van der Waals surface area contributed by atoms with Crippen molar-refractivity contribution in [3.63, 3.8) is 0 Å². The Kier molecular flexibility index (Phi) is 9.00. The van der Waals surface area contributed by atoms with Crippen LogP contribution in [0.2, 0.25) is 0 Å². The third kappa shape index (κ3) is 6.44. The second-order valence-electron chi connectivity index (χ2n) is 24.9. The molecule has 6 heteroatoms. The van der Waals surface area contributed by atoms with Crippen molar-refractivity contribution in [3.8, 4) is 11.5 Å². The molecule has 0 unspecified atom stereocenters. The number of fused-ring (bicyclic) bond motifs is 9. The van der Waals surface area contributed by atoms with Gasteiger partial charge in [0.25, 0.3) is 6.71 Å². The first-order valence-corrected chi connectivity index (χ1v) is 25.6. The zero-order valence-electron chi connectivity index (χ0n) is 42.0. The van der Waals surface area contributed by atoms with Crippen molar-refractivity contribution in [2.24, 2.45) is 0 Å². The number of thiophene rings is 1. The number of hydrogen-bond donors (Lipinski definition) is 0. The van der Waals surface area contributed by atoms with Gasteiger partial charge < -0.3 is 14.5 Å². The SMILES string of the molecule is CC(C)(C)c1cc2c3c(c1)N(c1ccccc1)c1cc4c(cc1B3c1cc(C(C)(C)C)sc1C2)B1c2ccccc2Oc2cc(C(C)(C)C)cc(c21)N4c1ccc2c(c1)C(C)(C)CCC2(C)C. The van der Waals surface area contributed by atoms with E-state index >= 15 is 0 Å². The monoisotopic (exact) mass is 894 g/mol. The fourth-order valence-corrected chi connectivity index (χ4v) is 13.5. The Morgan fingerprint density at radius 1 is 0.493 bits per heavy atom. The Hall–Kier alpha value is -5.45. The number of rotatable bonds is 2. The van der Waals surface area contributed by atoms with Crippen molar-refractivity contribution in [1.29, 1.82) is 0 Å². The summed E-state index contributed by atoms with van der Waals surface area (Å²) in [6.45, 7) is 31.1. The van der Waals surface area contributed by atoms with Gasteiger partial charge in [-0.15, -0.1) is 11.3 Å². The predicted molar refractivity (Wildman–Crippen MR) is 290 cm³/mol. The van der Waals surface area contributed by atoms with Gasteiger partial charge in [0.05, 0.1) is 0 Å². The number of ether oxygens (including phenoxy) is 1. The van der Waals surface area contributed by atoms with Crippen LogP contribution in [0.1, 0.15) is 140 Å². The number of hydrogen-bond acceptors (Lipinski definition) is 4. The maximum Gasteiger partial charge on any atom is 0.256 e. The Morgan fingerprint density at radius 3 is 1.76 bits per heavy atom. The third-order valence-corrected chi connectivity index (χ3v) is 17.8. The highest BCUT2D eigenvalue weighted by atomic mass is 32.1. The summed E-state index contributed by atoms with van der Waals surface area (Å²) >= 11 is 2.04. The molecular formula is C61H64B2N2OS. The summed E-state index contributed by atoms with van der Waals surface area (Å²) in [5.74, 6) is 1.92. The zero-order valence-corrected chi connectivity index (χ0v) is 42.8. The van der Waals surface area contributed by atoms with Crippen molar-refractivity contribution >= 4 is 91.7 Å². The van der Waals surface area contributed by atoms with E-state index in [1.165, 1.54) is 111 Å². The first kappa shape index (κ1) is 42.9. The molecule has 0 amide bonds. The highest BCUT2D eigenvalue weighted by molar-refractivity contribution is 7.15. The van der Waals surface area contributed by atoms with E-state index in [-0.39, 0.29) is 40.5 Å². The van der Waals surface area contributed by atoms with E-state index < -0.39 is 0 Å². The lowest BCUT2D eigenvalue weighted by Gasteiger charge is -2.46. The molecule has 7 aromatic rings. The van der Waals surface area contributed by atoms with Crippen LogP contribution in [-0.2, 0) is 33.5 Å². The van der Waals surface area contributed by atoms with Crippen LogP contribution < -0.4 is 47.3 Å². The molecule has 1 aromatic heterocycles. The molecule has 0 saturated heterocycles. The van der Waals surface area contributed by atoms with E-state index in [2.05, 4.69) is 215 Å². The van der Waals surface area contributed by atoms with Gasteiger partial charge in [-0.1, -0.05) is 156 Å².